The lowest BCUT2D eigenvalue weighted by Gasteiger charge is -2.02. The maximum absolute atomic E-state index is 10.5. The highest BCUT2D eigenvalue weighted by molar-refractivity contribution is 5.80. The van der Waals surface area contributed by atoms with Crippen LogP contribution in [0.2, 0.25) is 0 Å². The van der Waals surface area contributed by atoms with Gasteiger partial charge in [-0.3, -0.25) is 4.79 Å². The number of carbonyl (C=O) groups excluding carboxylic acids is 1. The summed E-state index contributed by atoms with van der Waals surface area (Å²) in [5.41, 5.74) is 2.46. The van der Waals surface area contributed by atoms with Gasteiger partial charge in [0.2, 0.25) is 0 Å². The third-order valence-electron chi connectivity index (χ3n) is 1.51. The summed E-state index contributed by atoms with van der Waals surface area (Å²) >= 11 is 0. The Morgan fingerprint density at radius 1 is 1.36 bits per heavy atom. The first-order valence-electron chi connectivity index (χ1n) is 4.44. The zero-order valence-corrected chi connectivity index (χ0v) is 7.99. The predicted molar refractivity (Wildman–Crippen MR) is 50.4 cm³/mol. The van der Waals surface area contributed by atoms with E-state index in [1.54, 1.807) is 0 Å². The number of unbranched alkanes of at least 4 members (excludes halogenated alkanes) is 2. The molecular weight excluding hydrogens is 186 g/mol. The van der Waals surface area contributed by atoms with Crippen molar-refractivity contribution in [3.05, 3.63) is 12.7 Å². The Balaban J connectivity index is 3.10. The van der Waals surface area contributed by atoms with Crippen molar-refractivity contribution < 1.29 is 19.5 Å². The molecule has 14 heavy (non-hydrogen) atoms. The van der Waals surface area contributed by atoms with Gasteiger partial charge in [0.25, 0.3) is 0 Å². The minimum absolute atomic E-state index is 0.187. The van der Waals surface area contributed by atoms with Crippen LogP contribution in [0.15, 0.2) is 12.7 Å². The Morgan fingerprint density at radius 2 is 2.07 bits per heavy atom. The van der Waals surface area contributed by atoms with Gasteiger partial charge in [-0.1, -0.05) is 13.0 Å². The first kappa shape index (κ1) is 12.6. The number of aliphatic carboxylic acids is 1. The van der Waals surface area contributed by atoms with Gasteiger partial charge in [0.05, 0.1) is 0 Å². The molecule has 0 unspecified atom stereocenters. The Labute approximate surface area is 82.7 Å². The summed E-state index contributed by atoms with van der Waals surface area (Å²) in [6.07, 6.45) is 3.47. The van der Waals surface area contributed by atoms with Crippen molar-refractivity contribution in [2.75, 3.05) is 6.54 Å². The molecule has 0 saturated carbocycles. The molecule has 0 spiro atoms. The second-order valence-corrected chi connectivity index (χ2v) is 2.72. The van der Waals surface area contributed by atoms with E-state index in [-0.39, 0.29) is 6.42 Å². The van der Waals surface area contributed by atoms with Gasteiger partial charge in [-0.25, -0.2) is 4.79 Å². The number of hydrogen-bond acceptors (Lipinski definition) is 4. The molecule has 0 heterocycles. The highest BCUT2D eigenvalue weighted by Gasteiger charge is 1.97. The number of carboxylic acids is 1. The van der Waals surface area contributed by atoms with Crippen molar-refractivity contribution in [1.82, 2.24) is 5.48 Å². The number of hydroxylamine groups is 1. The Hall–Kier alpha value is -1.36. The molecule has 2 N–H and O–H groups in total. The normalized spacial score (nSPS) is 9.43. The summed E-state index contributed by atoms with van der Waals surface area (Å²) in [5.74, 6) is -1.30. The first-order chi connectivity index (χ1) is 6.66. The second-order valence-electron chi connectivity index (χ2n) is 2.72. The summed E-state index contributed by atoms with van der Waals surface area (Å²) in [5, 5.41) is 8.32. The number of carbonyl (C=O) groups is 2. The smallest absolute Gasteiger partial charge is 0.348 e. The molecule has 0 atom stereocenters. The van der Waals surface area contributed by atoms with Crippen LogP contribution in [0, 0.1) is 0 Å². The minimum Gasteiger partial charge on any atom is -0.481 e. The van der Waals surface area contributed by atoms with E-state index in [1.165, 1.54) is 0 Å². The first-order valence-corrected chi connectivity index (χ1v) is 4.44. The highest BCUT2D eigenvalue weighted by Crippen LogP contribution is 1.98. The topological polar surface area (TPSA) is 75.6 Å². The molecule has 0 aliphatic heterocycles. The zero-order chi connectivity index (χ0) is 10.8. The van der Waals surface area contributed by atoms with Crippen LogP contribution in [0.4, 0.5) is 0 Å². The van der Waals surface area contributed by atoms with E-state index in [2.05, 4.69) is 16.9 Å². The van der Waals surface area contributed by atoms with Gasteiger partial charge in [0, 0.05) is 19.0 Å². The van der Waals surface area contributed by atoms with E-state index < -0.39 is 11.9 Å². The molecule has 0 aliphatic rings. The summed E-state index contributed by atoms with van der Waals surface area (Å²) in [7, 11) is 0. The average molecular weight is 201 g/mol. The molecule has 80 valence electrons. The van der Waals surface area contributed by atoms with Crippen LogP contribution >= 0.6 is 0 Å². The molecule has 0 aromatic rings. The molecule has 0 aromatic heterocycles. The van der Waals surface area contributed by atoms with Crippen molar-refractivity contribution in [2.24, 2.45) is 0 Å². The summed E-state index contributed by atoms with van der Waals surface area (Å²) in [4.78, 5) is 25.1. The monoisotopic (exact) mass is 201 g/mol. The summed E-state index contributed by atoms with van der Waals surface area (Å²) in [6.45, 7) is 3.76. The van der Waals surface area contributed by atoms with Crippen LogP contribution in [-0.2, 0) is 14.4 Å². The predicted octanol–water partition coefficient (Wildman–Crippen LogP) is 0.865. The molecule has 0 amide bonds. The standard InChI is InChI=1S/C9H15NO4/c1-2-9(13)14-10-7-5-3-4-6-8(11)12/h2,10H,1,3-7H2,(H,11,12). The number of hydrogen-bond donors (Lipinski definition) is 2. The molecule has 5 heteroatoms. The van der Waals surface area contributed by atoms with Crippen LogP contribution < -0.4 is 5.48 Å². The molecule has 0 aromatic carbocycles. The molecule has 0 aliphatic carbocycles. The Kier molecular flexibility index (Phi) is 7.45. The van der Waals surface area contributed by atoms with E-state index in [0.29, 0.717) is 13.0 Å². The van der Waals surface area contributed by atoms with Crippen molar-refractivity contribution >= 4 is 11.9 Å². The second kappa shape index (κ2) is 8.25. The third kappa shape index (κ3) is 8.73. The quantitative estimate of drug-likeness (QED) is 0.346. The van der Waals surface area contributed by atoms with Crippen molar-refractivity contribution in [3.8, 4) is 0 Å². The largest absolute Gasteiger partial charge is 0.481 e. The lowest BCUT2D eigenvalue weighted by molar-refractivity contribution is -0.144. The van der Waals surface area contributed by atoms with E-state index in [4.69, 9.17) is 5.11 Å². The van der Waals surface area contributed by atoms with E-state index in [0.717, 1.165) is 18.9 Å². The van der Waals surface area contributed by atoms with Crippen molar-refractivity contribution in [3.63, 3.8) is 0 Å². The maximum Gasteiger partial charge on any atom is 0.348 e. The van der Waals surface area contributed by atoms with Crippen LogP contribution in [0.25, 0.3) is 0 Å². The SMILES string of the molecule is C=CC(=O)ONCCCCCC(=O)O. The van der Waals surface area contributed by atoms with Gasteiger partial charge >= 0.3 is 11.9 Å². The Bertz CT molecular complexity index is 203. The van der Waals surface area contributed by atoms with Gasteiger partial charge in [0.15, 0.2) is 0 Å². The maximum atomic E-state index is 10.5. The van der Waals surface area contributed by atoms with Gasteiger partial charge < -0.3 is 9.94 Å². The van der Waals surface area contributed by atoms with Crippen LogP contribution in [0.3, 0.4) is 0 Å². The Morgan fingerprint density at radius 3 is 2.64 bits per heavy atom. The lowest BCUT2D eigenvalue weighted by atomic mass is 10.2. The van der Waals surface area contributed by atoms with E-state index in [1.807, 2.05) is 0 Å². The zero-order valence-electron chi connectivity index (χ0n) is 7.99. The number of rotatable bonds is 8. The molecule has 0 saturated heterocycles. The summed E-state index contributed by atoms with van der Waals surface area (Å²) in [6, 6.07) is 0. The van der Waals surface area contributed by atoms with Gasteiger partial charge in [-0.2, -0.15) is 5.48 Å². The molecule has 0 radical (unpaired) electrons. The van der Waals surface area contributed by atoms with Gasteiger partial charge in [-0.05, 0) is 12.8 Å². The lowest BCUT2D eigenvalue weighted by Crippen LogP contribution is -2.19. The van der Waals surface area contributed by atoms with Crippen molar-refractivity contribution in [1.29, 1.82) is 0 Å². The highest BCUT2D eigenvalue weighted by atomic mass is 16.7. The molecule has 5 nitrogen and oxygen atoms in total. The van der Waals surface area contributed by atoms with E-state index >= 15 is 0 Å². The minimum atomic E-state index is -0.781. The number of carboxylic acid groups (broad SMARTS) is 1. The fourth-order valence-electron chi connectivity index (χ4n) is 0.814. The fraction of sp³-hybridized carbons (Fsp3) is 0.556. The molecular formula is C9H15NO4. The van der Waals surface area contributed by atoms with E-state index in [9.17, 15) is 9.59 Å². The molecule has 0 bridgehead atoms. The summed E-state index contributed by atoms with van der Waals surface area (Å²) < 4.78 is 0. The molecule has 0 rings (SSSR count). The third-order valence-corrected chi connectivity index (χ3v) is 1.51. The number of nitrogens with one attached hydrogen (secondary N) is 1. The van der Waals surface area contributed by atoms with Gasteiger partial charge in [-0.15, -0.1) is 0 Å². The van der Waals surface area contributed by atoms with Crippen LogP contribution in [0.5, 0.6) is 0 Å². The van der Waals surface area contributed by atoms with Crippen LogP contribution in [0.1, 0.15) is 25.7 Å². The van der Waals surface area contributed by atoms with Crippen molar-refractivity contribution in [2.45, 2.75) is 25.7 Å². The van der Waals surface area contributed by atoms with Crippen LogP contribution in [-0.4, -0.2) is 23.6 Å². The average Bonchev–Trinajstić information content (AvgIpc) is 2.15. The molecule has 0 fully saturated rings. The van der Waals surface area contributed by atoms with Gasteiger partial charge in [0.1, 0.15) is 0 Å². The fourth-order valence-corrected chi connectivity index (χ4v) is 0.814.